The second-order valence-corrected chi connectivity index (χ2v) is 7.86. The number of aromatic nitrogens is 2. The molecule has 4 rings (SSSR count). The number of carbonyl (C=O) groups excluding carboxylic acids is 1. The zero-order valence-corrected chi connectivity index (χ0v) is 14.5. The van der Waals surface area contributed by atoms with Crippen LogP contribution >= 0.6 is 11.3 Å². The van der Waals surface area contributed by atoms with E-state index >= 15 is 0 Å². The molecule has 0 aromatic carbocycles. The molecule has 5 nitrogen and oxygen atoms in total. The second-order valence-electron chi connectivity index (χ2n) is 6.83. The highest BCUT2D eigenvalue weighted by Gasteiger charge is 2.27. The summed E-state index contributed by atoms with van der Waals surface area (Å²) < 4.78 is 1.52. The molecule has 1 saturated heterocycles. The number of hydrogen-bond donors (Lipinski definition) is 0. The molecule has 0 spiro atoms. The Bertz CT molecular complexity index is 981. The van der Waals surface area contributed by atoms with Crippen LogP contribution in [-0.4, -0.2) is 33.3 Å². The summed E-state index contributed by atoms with van der Waals surface area (Å²) in [6.45, 7) is 5.93. The first-order valence-corrected chi connectivity index (χ1v) is 9.05. The molecule has 6 heteroatoms. The minimum absolute atomic E-state index is 0.0184. The molecular weight excluding hydrogens is 322 g/mol. The van der Waals surface area contributed by atoms with Gasteiger partial charge in [0.15, 0.2) is 0 Å². The molecule has 0 N–H and O–H groups in total. The predicted octanol–water partition coefficient (Wildman–Crippen LogP) is 3.03. The first-order chi connectivity index (χ1) is 11.5. The van der Waals surface area contributed by atoms with Gasteiger partial charge < -0.3 is 4.90 Å². The van der Waals surface area contributed by atoms with E-state index in [1.807, 2.05) is 11.0 Å². The quantitative estimate of drug-likeness (QED) is 0.684. The van der Waals surface area contributed by atoms with E-state index in [4.69, 9.17) is 0 Å². The fraction of sp³-hybridized carbons (Fsp3) is 0.389. The van der Waals surface area contributed by atoms with E-state index in [-0.39, 0.29) is 11.5 Å². The summed E-state index contributed by atoms with van der Waals surface area (Å²) in [4.78, 5) is 33.2. The molecule has 3 aromatic heterocycles. The molecule has 0 saturated carbocycles. The fourth-order valence-corrected chi connectivity index (χ4v) is 4.64. The van der Waals surface area contributed by atoms with Gasteiger partial charge in [0.25, 0.3) is 11.5 Å². The number of piperidine rings is 1. The highest BCUT2D eigenvalue weighted by Crippen LogP contribution is 2.27. The van der Waals surface area contributed by atoms with Crippen molar-refractivity contribution in [3.63, 3.8) is 0 Å². The van der Waals surface area contributed by atoms with Gasteiger partial charge in [0.1, 0.15) is 10.5 Å². The van der Waals surface area contributed by atoms with Crippen LogP contribution in [0.25, 0.3) is 15.9 Å². The first-order valence-electron chi connectivity index (χ1n) is 8.23. The largest absolute Gasteiger partial charge is 0.337 e. The molecule has 0 bridgehead atoms. The van der Waals surface area contributed by atoms with E-state index in [0.717, 1.165) is 19.5 Å². The van der Waals surface area contributed by atoms with Gasteiger partial charge in [-0.1, -0.05) is 19.9 Å². The Morgan fingerprint density at radius 1 is 1.25 bits per heavy atom. The summed E-state index contributed by atoms with van der Waals surface area (Å²) in [5.74, 6) is 1.04. The van der Waals surface area contributed by atoms with Crippen molar-refractivity contribution in [2.45, 2.75) is 20.3 Å². The standard InChI is InChI=1S/C18H19N3O2S/c1-11-7-12(2)10-20(9-11)18(23)14-8-13-16(24-14)19-15-5-3-4-6-21(15)17(13)22/h3-6,8,11-12H,7,9-10H2,1-2H3/t11-,12+. The van der Waals surface area contributed by atoms with Crippen LogP contribution in [0.3, 0.4) is 0 Å². The third kappa shape index (κ3) is 2.51. The minimum atomic E-state index is -0.119. The molecular formula is C18H19N3O2S. The third-order valence-electron chi connectivity index (χ3n) is 4.58. The monoisotopic (exact) mass is 341 g/mol. The smallest absolute Gasteiger partial charge is 0.266 e. The molecule has 0 radical (unpaired) electrons. The van der Waals surface area contributed by atoms with Gasteiger partial charge in [-0.05, 0) is 36.5 Å². The topological polar surface area (TPSA) is 54.7 Å². The van der Waals surface area contributed by atoms with E-state index in [9.17, 15) is 9.59 Å². The summed E-state index contributed by atoms with van der Waals surface area (Å²) in [6.07, 6.45) is 2.86. The van der Waals surface area contributed by atoms with Crippen molar-refractivity contribution in [3.05, 3.63) is 45.7 Å². The summed E-state index contributed by atoms with van der Waals surface area (Å²) in [6, 6.07) is 7.16. The summed E-state index contributed by atoms with van der Waals surface area (Å²) in [7, 11) is 0. The Kier molecular flexibility index (Phi) is 3.64. The maximum Gasteiger partial charge on any atom is 0.266 e. The number of nitrogens with zero attached hydrogens (tertiary/aromatic N) is 3. The number of fused-ring (bicyclic) bond motifs is 2. The van der Waals surface area contributed by atoms with Gasteiger partial charge >= 0.3 is 0 Å². The molecule has 1 aliphatic rings. The van der Waals surface area contributed by atoms with E-state index in [2.05, 4.69) is 18.8 Å². The molecule has 2 atom stereocenters. The fourth-order valence-electron chi connectivity index (χ4n) is 3.64. The van der Waals surface area contributed by atoms with E-state index < -0.39 is 0 Å². The van der Waals surface area contributed by atoms with Gasteiger partial charge in [-0.15, -0.1) is 11.3 Å². The van der Waals surface area contributed by atoms with Crippen LogP contribution in [0, 0.1) is 11.8 Å². The number of likely N-dealkylation sites (tertiary alicyclic amines) is 1. The molecule has 1 amide bonds. The van der Waals surface area contributed by atoms with Gasteiger partial charge in [0.05, 0.1) is 10.3 Å². The highest BCUT2D eigenvalue weighted by atomic mass is 32.1. The van der Waals surface area contributed by atoms with Crippen molar-refractivity contribution >= 4 is 33.1 Å². The van der Waals surface area contributed by atoms with Gasteiger partial charge in [-0.2, -0.15) is 0 Å². The molecule has 1 fully saturated rings. The average Bonchev–Trinajstić information content (AvgIpc) is 2.98. The van der Waals surface area contributed by atoms with Crippen LogP contribution in [0.5, 0.6) is 0 Å². The van der Waals surface area contributed by atoms with Crippen molar-refractivity contribution < 1.29 is 4.79 Å². The second kappa shape index (κ2) is 5.70. The number of hydrogen-bond acceptors (Lipinski definition) is 4. The summed E-state index contributed by atoms with van der Waals surface area (Å²) in [5.41, 5.74) is 0.488. The van der Waals surface area contributed by atoms with Crippen LogP contribution in [0.1, 0.15) is 29.9 Å². The molecule has 124 valence electrons. The zero-order chi connectivity index (χ0) is 16.8. The molecule has 0 aliphatic carbocycles. The van der Waals surface area contributed by atoms with Crippen molar-refractivity contribution in [2.75, 3.05) is 13.1 Å². The molecule has 1 aliphatic heterocycles. The zero-order valence-electron chi connectivity index (χ0n) is 13.7. The van der Waals surface area contributed by atoms with Crippen LogP contribution in [0.15, 0.2) is 35.3 Å². The number of thiophene rings is 1. The van der Waals surface area contributed by atoms with Crippen molar-refractivity contribution in [3.8, 4) is 0 Å². The van der Waals surface area contributed by atoms with Crippen LogP contribution < -0.4 is 5.56 Å². The number of carbonyl (C=O) groups is 1. The lowest BCUT2D eigenvalue weighted by molar-refractivity contribution is 0.0628. The predicted molar refractivity (Wildman–Crippen MR) is 95.7 cm³/mol. The Labute approximate surface area is 143 Å². The van der Waals surface area contributed by atoms with Crippen molar-refractivity contribution in [1.29, 1.82) is 0 Å². The highest BCUT2D eigenvalue weighted by molar-refractivity contribution is 7.20. The SMILES string of the molecule is C[C@@H]1C[C@H](C)CN(C(=O)c2cc3c(=O)n4ccccc4nc3s2)C1. The molecule has 24 heavy (non-hydrogen) atoms. The third-order valence-corrected chi connectivity index (χ3v) is 5.60. The Morgan fingerprint density at radius 2 is 2.00 bits per heavy atom. The average molecular weight is 341 g/mol. The van der Waals surface area contributed by atoms with Gasteiger partial charge in [-0.25, -0.2) is 4.98 Å². The molecule has 3 aromatic rings. The molecule has 4 heterocycles. The van der Waals surface area contributed by atoms with Crippen LogP contribution in [0.4, 0.5) is 0 Å². The van der Waals surface area contributed by atoms with Crippen LogP contribution in [-0.2, 0) is 0 Å². The maximum absolute atomic E-state index is 12.9. The maximum atomic E-state index is 12.9. The molecule has 0 unspecified atom stereocenters. The Morgan fingerprint density at radius 3 is 2.75 bits per heavy atom. The normalized spacial score (nSPS) is 21.5. The van der Waals surface area contributed by atoms with Gasteiger partial charge in [0.2, 0.25) is 0 Å². The summed E-state index contributed by atoms with van der Waals surface area (Å²) in [5, 5.41) is 0.519. The number of pyridine rings is 1. The van der Waals surface area contributed by atoms with Gasteiger partial charge in [-0.3, -0.25) is 14.0 Å². The minimum Gasteiger partial charge on any atom is -0.337 e. The van der Waals surface area contributed by atoms with Gasteiger partial charge in [0, 0.05) is 19.3 Å². The van der Waals surface area contributed by atoms with Crippen molar-refractivity contribution in [1.82, 2.24) is 14.3 Å². The lowest BCUT2D eigenvalue weighted by atomic mass is 9.92. The Balaban J connectivity index is 1.77. The number of amides is 1. The Hall–Kier alpha value is -2.21. The van der Waals surface area contributed by atoms with E-state index in [1.165, 1.54) is 15.7 Å². The first kappa shape index (κ1) is 15.3. The summed E-state index contributed by atoms with van der Waals surface area (Å²) >= 11 is 1.31. The lowest BCUT2D eigenvalue weighted by Gasteiger charge is -2.34. The lowest BCUT2D eigenvalue weighted by Crippen LogP contribution is -2.42. The van der Waals surface area contributed by atoms with E-state index in [1.54, 1.807) is 24.4 Å². The van der Waals surface area contributed by atoms with Crippen molar-refractivity contribution in [2.24, 2.45) is 11.8 Å². The van der Waals surface area contributed by atoms with Crippen LogP contribution in [0.2, 0.25) is 0 Å². The van der Waals surface area contributed by atoms with E-state index in [0.29, 0.717) is 32.6 Å². The number of rotatable bonds is 1.